The third-order valence-electron chi connectivity index (χ3n) is 5.71. The van der Waals surface area contributed by atoms with Gasteiger partial charge in [0.1, 0.15) is 10.8 Å². The first-order valence-corrected chi connectivity index (χ1v) is 12.4. The van der Waals surface area contributed by atoms with E-state index >= 15 is 0 Å². The summed E-state index contributed by atoms with van der Waals surface area (Å²) in [6.45, 7) is 10.5. The predicted octanol–water partition coefficient (Wildman–Crippen LogP) is 2.79. The SMILES string of the molecule is CCOCc1cnc(O[C@H](C)C[C@@H]2CC[C@H](C)N2CS(=O)(=O)c2c(C)n[nH]c2C)cn1. The largest absolute Gasteiger partial charge is 0.473 e. The van der Waals surface area contributed by atoms with Crippen LogP contribution in [0.5, 0.6) is 5.88 Å². The van der Waals surface area contributed by atoms with Gasteiger partial charge in [0, 0.05) is 18.7 Å². The second kappa shape index (κ2) is 10.1. The Bertz CT molecular complexity index is 941. The number of nitrogens with zero attached hydrogens (tertiary/aromatic N) is 4. The van der Waals surface area contributed by atoms with Crippen LogP contribution in [0.3, 0.4) is 0 Å². The lowest BCUT2D eigenvalue weighted by Gasteiger charge is -2.29. The van der Waals surface area contributed by atoms with Crippen LogP contribution >= 0.6 is 0 Å². The standard InChI is InChI=1S/C21H33N5O4S/c1-6-29-12-18-10-23-20(11-22-18)30-15(3)9-19-8-7-14(2)26(19)13-31(27,28)21-16(4)24-25-17(21)5/h10-11,14-15,19H,6-9,12-13H2,1-5H3,(H,24,25)/t14-,15+,19-/m0/s1. The molecule has 0 unspecified atom stereocenters. The Kier molecular flexibility index (Phi) is 7.66. The molecule has 31 heavy (non-hydrogen) atoms. The summed E-state index contributed by atoms with van der Waals surface area (Å²) in [5, 5.41) is 6.83. The molecule has 172 valence electrons. The lowest BCUT2D eigenvalue weighted by molar-refractivity contribution is 0.129. The van der Waals surface area contributed by atoms with Crippen molar-refractivity contribution >= 4 is 9.84 Å². The van der Waals surface area contributed by atoms with Gasteiger partial charge in [-0.3, -0.25) is 15.0 Å². The van der Waals surface area contributed by atoms with Crippen molar-refractivity contribution in [1.29, 1.82) is 0 Å². The molecule has 3 atom stereocenters. The molecule has 0 aliphatic carbocycles. The summed E-state index contributed by atoms with van der Waals surface area (Å²) in [6.07, 6.45) is 5.75. The predicted molar refractivity (Wildman–Crippen MR) is 117 cm³/mol. The molecule has 9 nitrogen and oxygen atoms in total. The Morgan fingerprint density at radius 3 is 2.65 bits per heavy atom. The van der Waals surface area contributed by atoms with Gasteiger partial charge in [0.25, 0.3) is 0 Å². The minimum Gasteiger partial charge on any atom is -0.473 e. The third kappa shape index (κ3) is 5.81. The average Bonchev–Trinajstić information content (AvgIpc) is 3.23. The molecule has 2 aromatic heterocycles. The number of aryl methyl sites for hydroxylation is 2. The summed E-state index contributed by atoms with van der Waals surface area (Å²) in [5.41, 5.74) is 1.86. The van der Waals surface area contributed by atoms with Crippen molar-refractivity contribution in [2.24, 2.45) is 0 Å². The minimum absolute atomic E-state index is 0.0152. The summed E-state index contributed by atoms with van der Waals surface area (Å²) in [5.74, 6) is 0.446. The van der Waals surface area contributed by atoms with Gasteiger partial charge in [-0.15, -0.1) is 0 Å². The second-order valence-electron chi connectivity index (χ2n) is 8.25. The fourth-order valence-electron chi connectivity index (χ4n) is 4.19. The maximum absolute atomic E-state index is 13.1. The average molecular weight is 452 g/mol. The first kappa shape index (κ1) is 23.6. The second-order valence-corrected chi connectivity index (χ2v) is 10.1. The Labute approximate surface area is 184 Å². The summed E-state index contributed by atoms with van der Waals surface area (Å²) in [6, 6.07) is 0.314. The lowest BCUT2D eigenvalue weighted by Crippen LogP contribution is -2.40. The van der Waals surface area contributed by atoms with Crippen LogP contribution in [0.2, 0.25) is 0 Å². The zero-order chi connectivity index (χ0) is 22.6. The number of rotatable bonds is 10. The van der Waals surface area contributed by atoms with Crippen LogP contribution in [0.25, 0.3) is 0 Å². The number of aromatic amines is 1. The van der Waals surface area contributed by atoms with Crippen LogP contribution in [0.4, 0.5) is 0 Å². The van der Waals surface area contributed by atoms with Gasteiger partial charge in [0.2, 0.25) is 5.88 Å². The number of likely N-dealkylation sites (tertiary alicyclic amines) is 1. The number of ether oxygens (including phenoxy) is 2. The first-order valence-electron chi connectivity index (χ1n) is 10.8. The van der Waals surface area contributed by atoms with Gasteiger partial charge in [0.05, 0.1) is 42.2 Å². The van der Waals surface area contributed by atoms with Gasteiger partial charge in [-0.2, -0.15) is 5.10 Å². The van der Waals surface area contributed by atoms with E-state index in [1.54, 1.807) is 26.2 Å². The number of sulfone groups is 1. The molecule has 10 heteroatoms. The van der Waals surface area contributed by atoms with Crippen molar-refractivity contribution in [3.63, 3.8) is 0 Å². The fourth-order valence-corrected chi connectivity index (χ4v) is 6.19. The van der Waals surface area contributed by atoms with E-state index in [-0.39, 0.29) is 24.1 Å². The molecule has 1 N–H and O–H groups in total. The van der Waals surface area contributed by atoms with Gasteiger partial charge in [-0.25, -0.2) is 13.4 Å². The Balaban J connectivity index is 1.62. The van der Waals surface area contributed by atoms with E-state index in [4.69, 9.17) is 9.47 Å². The van der Waals surface area contributed by atoms with Gasteiger partial charge >= 0.3 is 0 Å². The molecule has 0 saturated carbocycles. The van der Waals surface area contributed by atoms with Gasteiger partial charge in [0.15, 0.2) is 9.84 Å². The molecule has 3 rings (SSSR count). The summed E-state index contributed by atoms with van der Waals surface area (Å²) >= 11 is 0. The smallest absolute Gasteiger partial charge is 0.232 e. The number of aromatic nitrogens is 4. The minimum atomic E-state index is -3.48. The van der Waals surface area contributed by atoms with Crippen LogP contribution in [0.15, 0.2) is 17.3 Å². The van der Waals surface area contributed by atoms with Crippen LogP contribution in [-0.2, 0) is 21.2 Å². The Hall–Kier alpha value is -2.04. The molecule has 1 aliphatic rings. The maximum atomic E-state index is 13.1. The fraction of sp³-hybridized carbons (Fsp3) is 0.667. The van der Waals surface area contributed by atoms with Crippen molar-refractivity contribution in [2.45, 2.75) is 83.6 Å². The van der Waals surface area contributed by atoms with Crippen molar-refractivity contribution in [2.75, 3.05) is 12.5 Å². The number of H-pyrrole nitrogens is 1. The van der Waals surface area contributed by atoms with Crippen molar-refractivity contribution in [3.8, 4) is 5.88 Å². The highest BCUT2D eigenvalue weighted by Gasteiger charge is 2.36. The Morgan fingerprint density at radius 2 is 2.03 bits per heavy atom. The molecule has 3 heterocycles. The zero-order valence-corrected chi connectivity index (χ0v) is 19.8. The molecule has 0 amide bonds. The summed E-state index contributed by atoms with van der Waals surface area (Å²) in [7, 11) is -3.48. The molecule has 0 spiro atoms. The summed E-state index contributed by atoms with van der Waals surface area (Å²) in [4.78, 5) is 11.0. The van der Waals surface area contributed by atoms with E-state index in [9.17, 15) is 8.42 Å². The van der Waals surface area contributed by atoms with Crippen molar-refractivity contribution in [3.05, 3.63) is 29.5 Å². The van der Waals surface area contributed by atoms with Gasteiger partial charge < -0.3 is 9.47 Å². The molecular weight excluding hydrogens is 418 g/mol. The number of hydrogen-bond acceptors (Lipinski definition) is 8. The highest BCUT2D eigenvalue weighted by atomic mass is 32.2. The summed E-state index contributed by atoms with van der Waals surface area (Å²) < 4.78 is 37.5. The Morgan fingerprint density at radius 1 is 1.26 bits per heavy atom. The lowest BCUT2D eigenvalue weighted by atomic mass is 10.1. The van der Waals surface area contributed by atoms with E-state index in [1.165, 1.54) is 0 Å². The normalized spacial score (nSPS) is 20.8. The van der Waals surface area contributed by atoms with E-state index in [0.29, 0.717) is 41.8 Å². The van der Waals surface area contributed by atoms with E-state index in [1.807, 2.05) is 13.8 Å². The molecule has 1 saturated heterocycles. The van der Waals surface area contributed by atoms with E-state index in [2.05, 4.69) is 32.0 Å². The highest BCUT2D eigenvalue weighted by molar-refractivity contribution is 7.91. The van der Waals surface area contributed by atoms with Crippen LogP contribution < -0.4 is 4.74 Å². The molecule has 0 radical (unpaired) electrons. The third-order valence-corrected chi connectivity index (χ3v) is 7.57. The van der Waals surface area contributed by atoms with Crippen molar-refractivity contribution < 1.29 is 17.9 Å². The number of nitrogens with one attached hydrogen (secondary N) is 1. The first-order chi connectivity index (χ1) is 14.7. The van der Waals surface area contributed by atoms with Crippen LogP contribution in [0.1, 0.15) is 57.1 Å². The topological polar surface area (TPSA) is 110 Å². The van der Waals surface area contributed by atoms with Gasteiger partial charge in [-0.05, 0) is 53.9 Å². The molecular formula is C21H33N5O4S. The number of hydrogen-bond donors (Lipinski definition) is 1. The molecule has 1 aliphatic heterocycles. The molecule has 0 bridgehead atoms. The zero-order valence-electron chi connectivity index (χ0n) is 19.0. The monoisotopic (exact) mass is 451 g/mol. The van der Waals surface area contributed by atoms with E-state index < -0.39 is 9.84 Å². The van der Waals surface area contributed by atoms with Crippen LogP contribution in [-0.4, -0.2) is 64.2 Å². The quantitative estimate of drug-likeness (QED) is 0.587. The molecule has 2 aromatic rings. The molecule has 1 fully saturated rings. The van der Waals surface area contributed by atoms with Gasteiger partial charge in [-0.1, -0.05) is 0 Å². The van der Waals surface area contributed by atoms with Crippen molar-refractivity contribution in [1.82, 2.24) is 25.1 Å². The van der Waals surface area contributed by atoms with E-state index in [0.717, 1.165) is 18.5 Å². The maximum Gasteiger partial charge on any atom is 0.232 e. The highest BCUT2D eigenvalue weighted by Crippen LogP contribution is 2.30. The van der Waals surface area contributed by atoms with Crippen LogP contribution in [0, 0.1) is 13.8 Å². The molecule has 0 aromatic carbocycles.